The zero-order valence-electron chi connectivity index (χ0n) is 18.1. The minimum absolute atomic E-state index is 0.164. The lowest BCUT2D eigenvalue weighted by molar-refractivity contribution is -0.0163. The van der Waals surface area contributed by atoms with Crippen LogP contribution in [0.4, 0.5) is 5.69 Å². The van der Waals surface area contributed by atoms with E-state index in [9.17, 15) is 0 Å². The van der Waals surface area contributed by atoms with Crippen LogP contribution in [0.5, 0.6) is 0 Å². The van der Waals surface area contributed by atoms with Crippen LogP contribution in [0.3, 0.4) is 0 Å². The topological polar surface area (TPSA) is 48.9 Å². The van der Waals surface area contributed by atoms with Crippen LogP contribution in [-0.2, 0) is 11.3 Å². The first kappa shape index (κ1) is 20.9. The van der Waals surface area contributed by atoms with Crippen LogP contribution in [0.1, 0.15) is 36.8 Å². The standard InChI is InChI=1S/C25H34N4O/c1-21-9-11-22(12-10-21)19-26-24(28-23-7-3-2-4-8-23)27-20-25(13-17-30-18-14-25)29-15-5-6-16-29/h2-4,7-12H,5-6,13-20H2,1H3,(H2,26,27,28). The highest BCUT2D eigenvalue weighted by Crippen LogP contribution is 2.30. The number of aryl methyl sites for hydroxylation is 1. The Kier molecular flexibility index (Phi) is 7.03. The maximum atomic E-state index is 5.70. The highest BCUT2D eigenvalue weighted by atomic mass is 16.5. The fourth-order valence-corrected chi connectivity index (χ4v) is 4.46. The Morgan fingerprint density at radius 3 is 2.40 bits per heavy atom. The first-order valence-electron chi connectivity index (χ1n) is 11.2. The van der Waals surface area contributed by atoms with E-state index in [-0.39, 0.29) is 5.54 Å². The molecule has 2 fully saturated rings. The minimum atomic E-state index is 0.164. The second-order valence-corrected chi connectivity index (χ2v) is 8.53. The number of hydrogen-bond acceptors (Lipinski definition) is 3. The van der Waals surface area contributed by atoms with Crippen molar-refractivity contribution in [3.05, 3.63) is 65.7 Å². The van der Waals surface area contributed by atoms with Crippen molar-refractivity contribution in [1.29, 1.82) is 0 Å². The molecule has 5 nitrogen and oxygen atoms in total. The number of para-hydroxylation sites is 1. The molecule has 0 aromatic heterocycles. The minimum Gasteiger partial charge on any atom is -0.381 e. The molecular weight excluding hydrogens is 372 g/mol. The largest absolute Gasteiger partial charge is 0.381 e. The number of rotatable bonds is 6. The van der Waals surface area contributed by atoms with Crippen LogP contribution in [0, 0.1) is 6.92 Å². The molecule has 0 atom stereocenters. The van der Waals surface area contributed by atoms with Gasteiger partial charge in [0.15, 0.2) is 5.96 Å². The van der Waals surface area contributed by atoms with E-state index >= 15 is 0 Å². The second-order valence-electron chi connectivity index (χ2n) is 8.53. The molecule has 2 aliphatic heterocycles. The quantitative estimate of drug-likeness (QED) is 0.558. The smallest absolute Gasteiger partial charge is 0.196 e. The molecule has 30 heavy (non-hydrogen) atoms. The molecule has 2 saturated heterocycles. The zero-order chi connectivity index (χ0) is 20.7. The normalized spacial score (nSPS) is 19.6. The van der Waals surface area contributed by atoms with E-state index in [1.165, 1.54) is 37.1 Å². The average molecular weight is 407 g/mol. The third-order valence-corrected chi connectivity index (χ3v) is 6.36. The van der Waals surface area contributed by atoms with Crippen LogP contribution in [0.15, 0.2) is 59.6 Å². The number of nitrogens with one attached hydrogen (secondary N) is 2. The van der Waals surface area contributed by atoms with E-state index in [1.54, 1.807) is 0 Å². The van der Waals surface area contributed by atoms with Crippen LogP contribution in [0.25, 0.3) is 0 Å². The van der Waals surface area contributed by atoms with Gasteiger partial charge in [0.2, 0.25) is 0 Å². The van der Waals surface area contributed by atoms with Crippen molar-refractivity contribution >= 4 is 11.6 Å². The average Bonchev–Trinajstić information content (AvgIpc) is 3.34. The Balaban J connectivity index is 1.49. The molecule has 160 valence electrons. The highest BCUT2D eigenvalue weighted by molar-refractivity contribution is 5.93. The van der Waals surface area contributed by atoms with E-state index in [2.05, 4.69) is 58.9 Å². The number of benzene rings is 2. The summed E-state index contributed by atoms with van der Waals surface area (Å²) in [6.07, 6.45) is 4.77. The van der Waals surface area contributed by atoms with Gasteiger partial charge in [-0.05, 0) is 63.4 Å². The van der Waals surface area contributed by atoms with Gasteiger partial charge >= 0.3 is 0 Å². The second kappa shape index (κ2) is 10.1. The molecule has 0 amide bonds. The number of nitrogens with zero attached hydrogens (tertiary/aromatic N) is 2. The molecule has 0 saturated carbocycles. The van der Waals surface area contributed by atoms with Gasteiger partial charge < -0.3 is 15.4 Å². The number of likely N-dealkylation sites (tertiary alicyclic amines) is 1. The molecule has 0 spiro atoms. The van der Waals surface area contributed by atoms with Crippen LogP contribution >= 0.6 is 0 Å². The first-order chi connectivity index (χ1) is 14.7. The Labute approximate surface area is 180 Å². The maximum Gasteiger partial charge on any atom is 0.196 e. The van der Waals surface area contributed by atoms with Gasteiger partial charge in [0, 0.05) is 31.0 Å². The van der Waals surface area contributed by atoms with Gasteiger partial charge in [-0.15, -0.1) is 0 Å². The molecule has 2 aromatic carbocycles. The molecule has 2 heterocycles. The van der Waals surface area contributed by atoms with E-state index in [0.29, 0.717) is 6.54 Å². The summed E-state index contributed by atoms with van der Waals surface area (Å²) in [7, 11) is 0. The molecule has 2 aliphatic rings. The van der Waals surface area contributed by atoms with Gasteiger partial charge in [-0.3, -0.25) is 4.90 Å². The predicted molar refractivity (Wildman–Crippen MR) is 124 cm³/mol. The van der Waals surface area contributed by atoms with Crippen molar-refractivity contribution in [1.82, 2.24) is 10.2 Å². The molecule has 5 heteroatoms. The molecule has 0 bridgehead atoms. The monoisotopic (exact) mass is 406 g/mol. The zero-order valence-corrected chi connectivity index (χ0v) is 18.1. The SMILES string of the molecule is Cc1ccc(CN=C(NCC2(N3CCCC3)CCOCC2)Nc2ccccc2)cc1. The van der Waals surface area contributed by atoms with Gasteiger partial charge in [0.25, 0.3) is 0 Å². The van der Waals surface area contributed by atoms with E-state index in [1.807, 2.05) is 18.2 Å². The summed E-state index contributed by atoms with van der Waals surface area (Å²) in [4.78, 5) is 7.59. The summed E-state index contributed by atoms with van der Waals surface area (Å²) in [6.45, 7) is 7.75. The van der Waals surface area contributed by atoms with Crippen molar-refractivity contribution in [3.8, 4) is 0 Å². The van der Waals surface area contributed by atoms with E-state index in [0.717, 1.165) is 44.2 Å². The van der Waals surface area contributed by atoms with Gasteiger partial charge in [0.05, 0.1) is 6.54 Å². The highest BCUT2D eigenvalue weighted by Gasteiger charge is 2.39. The lowest BCUT2D eigenvalue weighted by Crippen LogP contribution is -2.58. The lowest BCUT2D eigenvalue weighted by atomic mass is 9.88. The molecule has 0 radical (unpaired) electrons. The molecule has 4 rings (SSSR count). The van der Waals surface area contributed by atoms with Crippen LogP contribution in [0.2, 0.25) is 0 Å². The number of guanidine groups is 1. The summed E-state index contributed by atoms with van der Waals surface area (Å²) in [5, 5.41) is 7.18. The molecule has 2 N–H and O–H groups in total. The van der Waals surface area contributed by atoms with Gasteiger partial charge in [-0.25, -0.2) is 4.99 Å². The Morgan fingerprint density at radius 1 is 1.00 bits per heavy atom. The molecular formula is C25H34N4O. The van der Waals surface area contributed by atoms with Crippen molar-refractivity contribution in [2.24, 2.45) is 4.99 Å². The van der Waals surface area contributed by atoms with Crippen molar-refractivity contribution < 1.29 is 4.74 Å². The maximum absolute atomic E-state index is 5.70. The molecule has 0 aliphatic carbocycles. The van der Waals surface area contributed by atoms with Crippen molar-refractivity contribution in [2.75, 3.05) is 38.2 Å². The summed E-state index contributed by atoms with van der Waals surface area (Å²) >= 11 is 0. The van der Waals surface area contributed by atoms with Gasteiger partial charge in [-0.1, -0.05) is 48.0 Å². The lowest BCUT2D eigenvalue weighted by Gasteiger charge is -2.45. The van der Waals surface area contributed by atoms with Gasteiger partial charge in [0.1, 0.15) is 0 Å². The number of ether oxygens (including phenoxy) is 1. The van der Waals surface area contributed by atoms with Crippen LogP contribution < -0.4 is 10.6 Å². The Bertz CT molecular complexity index is 807. The molecule has 2 aromatic rings. The predicted octanol–water partition coefficient (Wildman–Crippen LogP) is 4.20. The summed E-state index contributed by atoms with van der Waals surface area (Å²) in [5.41, 5.74) is 3.71. The van der Waals surface area contributed by atoms with Crippen LogP contribution in [-0.4, -0.2) is 49.2 Å². The summed E-state index contributed by atoms with van der Waals surface area (Å²) < 4.78 is 5.70. The first-order valence-corrected chi connectivity index (χ1v) is 11.2. The fourth-order valence-electron chi connectivity index (χ4n) is 4.46. The fraction of sp³-hybridized carbons (Fsp3) is 0.480. The Hall–Kier alpha value is -2.37. The number of hydrogen-bond donors (Lipinski definition) is 2. The number of anilines is 1. The molecule has 0 unspecified atom stereocenters. The third kappa shape index (κ3) is 5.41. The summed E-state index contributed by atoms with van der Waals surface area (Å²) in [5.74, 6) is 0.840. The van der Waals surface area contributed by atoms with E-state index < -0.39 is 0 Å². The van der Waals surface area contributed by atoms with Gasteiger partial charge in [-0.2, -0.15) is 0 Å². The van der Waals surface area contributed by atoms with Crippen molar-refractivity contribution in [3.63, 3.8) is 0 Å². The van der Waals surface area contributed by atoms with Crippen molar-refractivity contribution in [2.45, 2.75) is 44.7 Å². The third-order valence-electron chi connectivity index (χ3n) is 6.36. The number of aliphatic imine (C=N–C) groups is 1. The van der Waals surface area contributed by atoms with E-state index in [4.69, 9.17) is 9.73 Å². The summed E-state index contributed by atoms with van der Waals surface area (Å²) in [6, 6.07) is 18.9. The Morgan fingerprint density at radius 2 is 1.70 bits per heavy atom.